The number of rotatable bonds is 3. The topological polar surface area (TPSA) is 79.0 Å². The predicted octanol–water partition coefficient (Wildman–Crippen LogP) is 1.02. The minimum Gasteiger partial charge on any atom is -0.335 e. The van der Waals surface area contributed by atoms with Gasteiger partial charge in [-0.25, -0.2) is 4.98 Å². The number of fused-ring (bicyclic) bond motifs is 1. The Morgan fingerprint density at radius 3 is 2.67 bits per heavy atom. The average Bonchev–Trinajstić information content (AvgIpc) is 3.40. The summed E-state index contributed by atoms with van der Waals surface area (Å²) in [4.78, 5) is 36.4. The molecule has 0 unspecified atom stereocenters. The number of piperazine rings is 1. The minimum absolute atomic E-state index is 0.0506. The lowest BCUT2D eigenvalue weighted by molar-refractivity contribution is -0.126. The number of pyridine rings is 1. The van der Waals surface area contributed by atoms with Crippen LogP contribution in [0.3, 0.4) is 0 Å². The molecule has 1 atom stereocenters. The fraction of sp³-hybridized carbons (Fsp3) is 0.429. The van der Waals surface area contributed by atoms with Crippen molar-refractivity contribution in [2.75, 3.05) is 37.6 Å². The van der Waals surface area contributed by atoms with Crippen molar-refractivity contribution in [3.63, 3.8) is 0 Å². The van der Waals surface area contributed by atoms with Crippen LogP contribution >= 0.6 is 0 Å². The van der Waals surface area contributed by atoms with Crippen molar-refractivity contribution in [2.24, 2.45) is 7.05 Å². The van der Waals surface area contributed by atoms with Gasteiger partial charge in [-0.1, -0.05) is 6.07 Å². The van der Waals surface area contributed by atoms with Gasteiger partial charge in [0.25, 0.3) is 5.91 Å². The second-order valence-electron chi connectivity index (χ2n) is 7.94. The summed E-state index contributed by atoms with van der Waals surface area (Å²) in [5.41, 5.74) is 2.08. The molecule has 0 N–H and O–H groups in total. The first-order valence-corrected chi connectivity index (χ1v) is 10.4. The number of nitrogens with zero attached hydrogens (tertiary/aromatic N) is 7. The Morgan fingerprint density at radius 1 is 1.10 bits per heavy atom. The van der Waals surface area contributed by atoms with Gasteiger partial charge >= 0.3 is 0 Å². The highest BCUT2D eigenvalue weighted by atomic mass is 16.2. The SMILES string of the molecule is Cn1cc(N2CCC[C@H](N3CCN(C(=O)c4cn5ccccc5n4)CC3)C2=O)cn1. The lowest BCUT2D eigenvalue weighted by atomic mass is 10.0. The van der Waals surface area contributed by atoms with Gasteiger partial charge in [0.15, 0.2) is 0 Å². The Hall–Kier alpha value is -3.20. The first-order chi connectivity index (χ1) is 14.6. The van der Waals surface area contributed by atoms with Crippen molar-refractivity contribution in [3.8, 4) is 0 Å². The van der Waals surface area contributed by atoms with E-state index in [9.17, 15) is 9.59 Å². The van der Waals surface area contributed by atoms with Crippen molar-refractivity contribution < 1.29 is 9.59 Å². The smallest absolute Gasteiger partial charge is 0.274 e. The Balaban J connectivity index is 1.24. The van der Waals surface area contributed by atoms with Crippen molar-refractivity contribution in [1.82, 2.24) is 29.0 Å². The Kier molecular flexibility index (Phi) is 4.74. The molecule has 156 valence electrons. The largest absolute Gasteiger partial charge is 0.335 e. The minimum atomic E-state index is -0.133. The maximum absolute atomic E-state index is 13.1. The Bertz CT molecular complexity index is 1050. The highest BCUT2D eigenvalue weighted by Crippen LogP contribution is 2.24. The lowest BCUT2D eigenvalue weighted by Gasteiger charge is -2.42. The molecule has 9 nitrogen and oxygen atoms in total. The second-order valence-corrected chi connectivity index (χ2v) is 7.94. The van der Waals surface area contributed by atoms with Crippen molar-refractivity contribution in [1.29, 1.82) is 0 Å². The highest BCUT2D eigenvalue weighted by molar-refractivity contribution is 5.97. The van der Waals surface area contributed by atoms with Gasteiger partial charge in [-0.2, -0.15) is 5.10 Å². The van der Waals surface area contributed by atoms with Crippen LogP contribution in [0.1, 0.15) is 23.3 Å². The molecule has 2 saturated heterocycles. The molecule has 2 aliphatic heterocycles. The third-order valence-corrected chi connectivity index (χ3v) is 6.04. The molecule has 0 spiro atoms. The summed E-state index contributed by atoms with van der Waals surface area (Å²) in [5, 5.41) is 4.20. The quantitative estimate of drug-likeness (QED) is 0.648. The Morgan fingerprint density at radius 2 is 1.93 bits per heavy atom. The fourth-order valence-corrected chi connectivity index (χ4v) is 4.44. The number of piperidine rings is 1. The monoisotopic (exact) mass is 407 g/mol. The first-order valence-electron chi connectivity index (χ1n) is 10.4. The molecule has 0 radical (unpaired) electrons. The van der Waals surface area contributed by atoms with Gasteiger partial charge in [0.05, 0.1) is 17.9 Å². The molecule has 3 aromatic heterocycles. The van der Waals surface area contributed by atoms with Crippen LogP contribution in [0.5, 0.6) is 0 Å². The summed E-state index contributed by atoms with van der Waals surface area (Å²) in [5.74, 6) is 0.0830. The summed E-state index contributed by atoms with van der Waals surface area (Å²) in [6.07, 6.45) is 9.11. The van der Waals surface area contributed by atoms with E-state index in [4.69, 9.17) is 0 Å². The van der Waals surface area contributed by atoms with Gasteiger partial charge in [0, 0.05) is 58.4 Å². The zero-order chi connectivity index (χ0) is 20.7. The van der Waals surface area contributed by atoms with Crippen LogP contribution in [0.4, 0.5) is 5.69 Å². The van der Waals surface area contributed by atoms with Crippen molar-refractivity contribution in [3.05, 3.63) is 48.7 Å². The van der Waals surface area contributed by atoms with E-state index in [1.54, 1.807) is 17.1 Å². The average molecular weight is 407 g/mol. The predicted molar refractivity (Wildman–Crippen MR) is 111 cm³/mol. The maximum Gasteiger partial charge on any atom is 0.274 e. The molecule has 2 aliphatic rings. The maximum atomic E-state index is 13.1. The van der Waals surface area contributed by atoms with E-state index >= 15 is 0 Å². The molecule has 2 amide bonds. The van der Waals surface area contributed by atoms with Gasteiger partial charge in [0.2, 0.25) is 5.91 Å². The molecule has 2 fully saturated rings. The number of amides is 2. The summed E-state index contributed by atoms with van der Waals surface area (Å²) in [7, 11) is 1.86. The molecule has 5 heterocycles. The van der Waals surface area contributed by atoms with Crippen LogP contribution in [-0.4, -0.2) is 79.5 Å². The van der Waals surface area contributed by atoms with E-state index in [0.717, 1.165) is 30.7 Å². The fourth-order valence-electron chi connectivity index (χ4n) is 4.44. The van der Waals surface area contributed by atoms with Gasteiger partial charge < -0.3 is 14.2 Å². The molecule has 3 aromatic rings. The zero-order valence-electron chi connectivity index (χ0n) is 17.0. The van der Waals surface area contributed by atoms with Gasteiger partial charge in [-0.15, -0.1) is 0 Å². The third-order valence-electron chi connectivity index (χ3n) is 6.04. The van der Waals surface area contributed by atoms with Gasteiger partial charge in [-0.3, -0.25) is 19.2 Å². The molecule has 9 heteroatoms. The summed E-state index contributed by atoms with van der Waals surface area (Å²) < 4.78 is 3.58. The molecule has 5 rings (SSSR count). The number of aromatic nitrogens is 4. The number of hydrogen-bond donors (Lipinski definition) is 0. The third kappa shape index (κ3) is 3.35. The molecule has 0 aliphatic carbocycles. The van der Waals surface area contributed by atoms with Crippen LogP contribution in [0.2, 0.25) is 0 Å². The highest BCUT2D eigenvalue weighted by Gasteiger charge is 2.36. The second kappa shape index (κ2) is 7.56. The molecule has 0 bridgehead atoms. The standard InChI is InChI=1S/C21H25N7O2/c1-24-14-16(13-22-24)28-8-4-5-18(21(28)30)25-9-11-26(12-10-25)20(29)17-15-27-7-3-2-6-19(27)23-17/h2-3,6-7,13-15,18H,4-5,8-12H2,1H3/t18-/m0/s1. The van der Waals surface area contributed by atoms with Crippen LogP contribution in [-0.2, 0) is 11.8 Å². The normalized spacial score (nSPS) is 20.8. The number of aryl methyl sites for hydroxylation is 1. The van der Waals surface area contributed by atoms with E-state index < -0.39 is 0 Å². The number of hydrogen-bond acceptors (Lipinski definition) is 5. The van der Waals surface area contributed by atoms with E-state index in [1.165, 1.54) is 0 Å². The van der Waals surface area contributed by atoms with Crippen LogP contribution in [0.25, 0.3) is 5.65 Å². The van der Waals surface area contributed by atoms with Crippen LogP contribution < -0.4 is 4.90 Å². The molecular weight excluding hydrogens is 382 g/mol. The van der Waals surface area contributed by atoms with Crippen molar-refractivity contribution >= 4 is 23.1 Å². The summed E-state index contributed by atoms with van der Waals surface area (Å²) in [6, 6.07) is 5.58. The molecule has 0 saturated carbocycles. The number of anilines is 1. The lowest BCUT2D eigenvalue weighted by Crippen LogP contribution is -2.58. The van der Waals surface area contributed by atoms with Crippen LogP contribution in [0.15, 0.2) is 43.0 Å². The van der Waals surface area contributed by atoms with E-state index in [0.29, 0.717) is 31.9 Å². The van der Waals surface area contributed by atoms with E-state index in [1.807, 2.05) is 51.8 Å². The molecular formula is C21H25N7O2. The summed E-state index contributed by atoms with van der Waals surface area (Å²) >= 11 is 0. The zero-order valence-corrected chi connectivity index (χ0v) is 17.0. The summed E-state index contributed by atoms with van der Waals surface area (Å²) in [6.45, 7) is 3.31. The van der Waals surface area contributed by atoms with E-state index in [2.05, 4.69) is 15.0 Å². The van der Waals surface area contributed by atoms with Gasteiger partial charge in [-0.05, 0) is 25.0 Å². The molecule has 0 aromatic carbocycles. The number of carbonyl (C=O) groups excluding carboxylic acids is 2. The van der Waals surface area contributed by atoms with Crippen LogP contribution in [0, 0.1) is 0 Å². The number of imidazole rings is 1. The Labute approximate surface area is 174 Å². The van der Waals surface area contributed by atoms with Crippen molar-refractivity contribution in [2.45, 2.75) is 18.9 Å². The molecule has 30 heavy (non-hydrogen) atoms. The van der Waals surface area contributed by atoms with E-state index in [-0.39, 0.29) is 17.9 Å². The first kappa shape index (κ1) is 18.8. The number of carbonyl (C=O) groups is 2. The van der Waals surface area contributed by atoms with Gasteiger partial charge in [0.1, 0.15) is 11.3 Å².